The van der Waals surface area contributed by atoms with Crippen molar-refractivity contribution in [3.05, 3.63) is 46.5 Å². The molecule has 3 heterocycles. The van der Waals surface area contributed by atoms with Gasteiger partial charge in [0.1, 0.15) is 17.7 Å². The van der Waals surface area contributed by atoms with Crippen molar-refractivity contribution in [1.82, 2.24) is 10.2 Å². The van der Waals surface area contributed by atoms with Gasteiger partial charge in [0, 0.05) is 37.3 Å². The van der Waals surface area contributed by atoms with Gasteiger partial charge in [0.25, 0.3) is 0 Å². The normalized spacial score (nSPS) is 31.4. The van der Waals surface area contributed by atoms with Crippen LogP contribution in [0.4, 0.5) is 8.78 Å². The Hall–Kier alpha value is -1.34. The van der Waals surface area contributed by atoms with Gasteiger partial charge in [-0.05, 0) is 43.2 Å². The quantitative estimate of drug-likeness (QED) is 0.808. The number of hydrogen-bond acceptors (Lipinski definition) is 4. The van der Waals surface area contributed by atoms with Gasteiger partial charge >= 0.3 is 0 Å². The number of nitrogens with zero attached hydrogens (tertiary/aromatic N) is 1. The lowest BCUT2D eigenvalue weighted by Crippen LogP contribution is -2.49. The van der Waals surface area contributed by atoms with Crippen molar-refractivity contribution in [1.29, 1.82) is 0 Å². The summed E-state index contributed by atoms with van der Waals surface area (Å²) in [4.78, 5) is 2.41. The first-order valence-corrected chi connectivity index (χ1v) is 8.58. The van der Waals surface area contributed by atoms with Crippen molar-refractivity contribution in [2.24, 2.45) is 5.73 Å². The summed E-state index contributed by atoms with van der Waals surface area (Å²) in [7, 11) is 0. The van der Waals surface area contributed by atoms with Crippen LogP contribution in [0.2, 0.25) is 0 Å². The van der Waals surface area contributed by atoms with E-state index in [1.807, 2.05) is 0 Å². The van der Waals surface area contributed by atoms with Crippen LogP contribution < -0.4 is 11.1 Å². The van der Waals surface area contributed by atoms with Crippen LogP contribution in [0.3, 0.4) is 0 Å². The van der Waals surface area contributed by atoms with Crippen molar-refractivity contribution in [3.8, 4) is 0 Å². The molecular formula is C18H23F2N3O. The van der Waals surface area contributed by atoms with Gasteiger partial charge in [0.15, 0.2) is 0 Å². The summed E-state index contributed by atoms with van der Waals surface area (Å²) in [5, 5.41) is 3.41. The third-order valence-corrected chi connectivity index (χ3v) is 5.41. The molecule has 6 heteroatoms. The van der Waals surface area contributed by atoms with E-state index in [-0.39, 0.29) is 17.6 Å². The molecule has 3 aliphatic heterocycles. The summed E-state index contributed by atoms with van der Waals surface area (Å²) >= 11 is 0. The third-order valence-electron chi connectivity index (χ3n) is 5.41. The summed E-state index contributed by atoms with van der Waals surface area (Å²) in [6.07, 6.45) is 1.26. The highest BCUT2D eigenvalue weighted by Crippen LogP contribution is 2.33. The van der Waals surface area contributed by atoms with E-state index in [9.17, 15) is 8.78 Å². The molecule has 3 unspecified atom stereocenters. The molecule has 3 N–H and O–H groups in total. The molecule has 1 aromatic rings. The fourth-order valence-corrected chi connectivity index (χ4v) is 4.09. The molecule has 0 aromatic heterocycles. The molecule has 24 heavy (non-hydrogen) atoms. The lowest BCUT2D eigenvalue weighted by molar-refractivity contribution is -0.0464. The monoisotopic (exact) mass is 335 g/mol. The van der Waals surface area contributed by atoms with Crippen LogP contribution in [-0.2, 0) is 4.74 Å². The lowest BCUT2D eigenvalue weighted by Gasteiger charge is -2.39. The Bertz CT molecular complexity index is 646. The van der Waals surface area contributed by atoms with E-state index < -0.39 is 17.7 Å². The minimum absolute atomic E-state index is 0.226. The minimum atomic E-state index is -0.580. The van der Waals surface area contributed by atoms with Crippen molar-refractivity contribution >= 4 is 0 Å². The number of halogens is 2. The first-order valence-electron chi connectivity index (χ1n) is 8.58. The maximum Gasteiger partial charge on any atom is 0.129 e. The largest absolute Gasteiger partial charge is 0.370 e. The molecule has 0 spiro atoms. The molecular weight excluding hydrogens is 312 g/mol. The molecule has 0 aliphatic carbocycles. The van der Waals surface area contributed by atoms with Gasteiger partial charge in [-0.3, -0.25) is 4.90 Å². The summed E-state index contributed by atoms with van der Waals surface area (Å²) in [5.74, 6) is -0.923. The number of rotatable bonds is 2. The van der Waals surface area contributed by atoms with E-state index in [2.05, 4.69) is 10.2 Å². The molecule has 0 amide bonds. The molecule has 3 aliphatic rings. The van der Waals surface area contributed by atoms with Crippen LogP contribution >= 0.6 is 0 Å². The number of benzene rings is 1. The average Bonchev–Trinajstić information content (AvgIpc) is 3.01. The van der Waals surface area contributed by atoms with Gasteiger partial charge < -0.3 is 15.8 Å². The Morgan fingerprint density at radius 1 is 1.21 bits per heavy atom. The second kappa shape index (κ2) is 6.52. The van der Waals surface area contributed by atoms with Crippen LogP contribution in [0.25, 0.3) is 0 Å². The molecule has 1 saturated heterocycles. The predicted octanol–water partition coefficient (Wildman–Crippen LogP) is 1.73. The molecule has 0 saturated carbocycles. The maximum atomic E-state index is 14.0. The first-order chi connectivity index (χ1) is 11.6. The second-order valence-corrected chi connectivity index (χ2v) is 7.01. The van der Waals surface area contributed by atoms with E-state index in [1.165, 1.54) is 11.6 Å². The zero-order valence-electron chi connectivity index (χ0n) is 13.6. The van der Waals surface area contributed by atoms with E-state index in [0.29, 0.717) is 6.61 Å². The molecule has 3 atom stereocenters. The van der Waals surface area contributed by atoms with Gasteiger partial charge in [0.05, 0.1) is 6.61 Å². The highest BCUT2D eigenvalue weighted by Gasteiger charge is 2.37. The Morgan fingerprint density at radius 2 is 2.04 bits per heavy atom. The van der Waals surface area contributed by atoms with E-state index >= 15 is 0 Å². The van der Waals surface area contributed by atoms with Gasteiger partial charge in [0.2, 0.25) is 0 Å². The summed E-state index contributed by atoms with van der Waals surface area (Å²) in [5.41, 5.74) is 9.53. The zero-order valence-corrected chi connectivity index (χ0v) is 13.6. The van der Waals surface area contributed by atoms with Crippen molar-refractivity contribution < 1.29 is 13.5 Å². The maximum absolute atomic E-state index is 14.0. The SMILES string of the molecule is NC1CC(N2CC3=C(CNCC3)C2)COC1c1cc(F)ccc1F. The van der Waals surface area contributed by atoms with Gasteiger partial charge in [-0.25, -0.2) is 8.78 Å². The standard InChI is InChI=1S/C18H23F2N3O/c19-13-1-2-16(20)15(5-13)18-17(21)6-14(10-24-18)23-8-11-3-4-22-7-12(11)9-23/h1-2,5,14,17-18,22H,3-4,6-10,21H2. The van der Waals surface area contributed by atoms with E-state index in [4.69, 9.17) is 10.5 Å². The highest BCUT2D eigenvalue weighted by molar-refractivity contribution is 5.28. The zero-order chi connectivity index (χ0) is 16.7. The fourth-order valence-electron chi connectivity index (χ4n) is 4.09. The number of nitrogens with one attached hydrogen (secondary N) is 1. The Morgan fingerprint density at radius 3 is 2.83 bits per heavy atom. The molecule has 4 rings (SSSR count). The Balaban J connectivity index is 1.43. The molecule has 0 bridgehead atoms. The van der Waals surface area contributed by atoms with Crippen molar-refractivity contribution in [2.75, 3.05) is 32.8 Å². The highest BCUT2D eigenvalue weighted by atomic mass is 19.1. The van der Waals surface area contributed by atoms with Crippen LogP contribution in [-0.4, -0.2) is 49.8 Å². The molecule has 0 radical (unpaired) electrons. The second-order valence-electron chi connectivity index (χ2n) is 7.01. The molecule has 1 aromatic carbocycles. The first kappa shape index (κ1) is 16.1. The van der Waals surface area contributed by atoms with Gasteiger partial charge in [-0.2, -0.15) is 0 Å². The van der Waals surface area contributed by atoms with Crippen LogP contribution in [0, 0.1) is 11.6 Å². The van der Waals surface area contributed by atoms with Crippen LogP contribution in [0.1, 0.15) is 24.5 Å². The molecule has 4 nitrogen and oxygen atoms in total. The van der Waals surface area contributed by atoms with Gasteiger partial charge in [-0.1, -0.05) is 5.57 Å². The van der Waals surface area contributed by atoms with Crippen molar-refractivity contribution in [3.63, 3.8) is 0 Å². The minimum Gasteiger partial charge on any atom is -0.370 e. The summed E-state index contributed by atoms with van der Waals surface area (Å²) < 4.78 is 33.3. The Kier molecular flexibility index (Phi) is 4.39. The van der Waals surface area contributed by atoms with E-state index in [0.717, 1.165) is 51.2 Å². The number of nitrogens with two attached hydrogens (primary N) is 1. The third kappa shape index (κ3) is 2.99. The Labute approximate surface area is 140 Å². The smallest absolute Gasteiger partial charge is 0.129 e. The molecule has 1 fully saturated rings. The predicted molar refractivity (Wildman–Crippen MR) is 87.5 cm³/mol. The van der Waals surface area contributed by atoms with Crippen molar-refractivity contribution in [2.45, 2.75) is 31.0 Å². The fraction of sp³-hybridized carbons (Fsp3) is 0.556. The summed E-state index contributed by atoms with van der Waals surface area (Å²) in [6.45, 7) is 4.47. The molecule has 130 valence electrons. The van der Waals surface area contributed by atoms with Crippen LogP contribution in [0.15, 0.2) is 29.3 Å². The lowest BCUT2D eigenvalue weighted by atomic mass is 9.93. The summed E-state index contributed by atoms with van der Waals surface area (Å²) in [6, 6.07) is 3.35. The van der Waals surface area contributed by atoms with E-state index in [1.54, 1.807) is 5.57 Å². The number of hydrogen-bond donors (Lipinski definition) is 2. The topological polar surface area (TPSA) is 50.5 Å². The average molecular weight is 335 g/mol. The van der Waals surface area contributed by atoms with Gasteiger partial charge in [-0.15, -0.1) is 0 Å². The number of ether oxygens (including phenoxy) is 1. The van der Waals surface area contributed by atoms with Crippen LogP contribution in [0.5, 0.6) is 0 Å².